The third kappa shape index (κ3) is 11.6. The second-order valence-corrected chi connectivity index (χ2v) is 12.9. The zero-order valence-electron chi connectivity index (χ0n) is 29.3. The summed E-state index contributed by atoms with van der Waals surface area (Å²) in [7, 11) is 0. The molecule has 13 nitrogen and oxygen atoms in total. The molecule has 0 aliphatic rings. The van der Waals surface area contributed by atoms with Crippen LogP contribution in [0.5, 0.6) is 0 Å². The van der Waals surface area contributed by atoms with E-state index in [1.165, 1.54) is 6.92 Å². The monoisotopic (exact) mass is 711 g/mol. The summed E-state index contributed by atoms with van der Waals surface area (Å²) in [6.45, 7) is 2.12. The van der Waals surface area contributed by atoms with Crippen LogP contribution in [0.4, 0.5) is 0 Å². The molecule has 4 aromatic rings. The van der Waals surface area contributed by atoms with E-state index in [-0.39, 0.29) is 31.6 Å². The van der Waals surface area contributed by atoms with Gasteiger partial charge in [0.05, 0.1) is 12.5 Å². The Hall–Kier alpha value is -5.37. The zero-order chi connectivity index (χ0) is 37.5. The van der Waals surface area contributed by atoms with E-state index < -0.39 is 48.0 Å². The predicted octanol–water partition coefficient (Wildman–Crippen LogP) is 1.30. The fraction of sp³-hybridized carbons (Fsp3) is 0.359. The second-order valence-electron chi connectivity index (χ2n) is 12.9. The Balaban J connectivity index is 1.60. The molecular formula is C39H49N7O6. The van der Waals surface area contributed by atoms with Crippen molar-refractivity contribution in [3.8, 4) is 0 Å². The van der Waals surface area contributed by atoms with Crippen LogP contribution < -0.4 is 32.7 Å². The number of carbonyl (C=O) groups excluding carboxylic acids is 5. The first-order chi connectivity index (χ1) is 25.1. The van der Waals surface area contributed by atoms with Crippen molar-refractivity contribution in [2.45, 2.75) is 82.3 Å². The highest BCUT2D eigenvalue weighted by molar-refractivity contribution is 5.95. The maximum Gasteiger partial charge on any atom is 0.243 e. The van der Waals surface area contributed by atoms with Gasteiger partial charge in [0.2, 0.25) is 23.6 Å². The summed E-state index contributed by atoms with van der Waals surface area (Å²) in [6.07, 6.45) is 2.55. The van der Waals surface area contributed by atoms with Gasteiger partial charge in [0, 0.05) is 36.5 Å². The summed E-state index contributed by atoms with van der Waals surface area (Å²) >= 11 is 0. The van der Waals surface area contributed by atoms with E-state index in [4.69, 9.17) is 11.5 Å². The lowest BCUT2D eigenvalue weighted by Gasteiger charge is -2.26. The van der Waals surface area contributed by atoms with Crippen LogP contribution in [-0.4, -0.2) is 76.8 Å². The van der Waals surface area contributed by atoms with Gasteiger partial charge in [0.1, 0.15) is 30.5 Å². The molecule has 0 saturated heterocycles. The maximum atomic E-state index is 14.1. The standard InChI is InChI=1S/C39H49N7O6/c1-25(48)35(24-47)46-37(50)32(13-7-8-18-40)44-39(52)34(21-29-23-42-31-12-6-5-11-30(29)31)45-38(51)33(19-26-9-3-2-4-10-26)43-36(49)20-27-14-16-28(22-41)17-15-27/h2-6,9-12,14-17,23-25,32-35,42,48H,7-8,13,18-22,40-41H2,1H3,(H,43,49)(H,44,52)(H,45,51)(H,46,50)/t25-,32+,33+,34-,35-/m1/s1. The molecule has 0 aliphatic heterocycles. The fourth-order valence-electron chi connectivity index (χ4n) is 5.85. The predicted molar refractivity (Wildman–Crippen MR) is 199 cm³/mol. The number of aldehydes is 1. The molecular weight excluding hydrogens is 662 g/mol. The summed E-state index contributed by atoms with van der Waals surface area (Å²) in [6, 6.07) is 19.6. The number of aliphatic hydroxyl groups is 1. The number of aromatic nitrogens is 1. The summed E-state index contributed by atoms with van der Waals surface area (Å²) in [5, 5.41) is 21.8. The van der Waals surface area contributed by atoms with Crippen molar-refractivity contribution in [3.05, 3.63) is 107 Å². The quantitative estimate of drug-likeness (QED) is 0.0492. The first-order valence-corrected chi connectivity index (χ1v) is 17.5. The van der Waals surface area contributed by atoms with Crippen LogP contribution in [0.25, 0.3) is 10.9 Å². The van der Waals surface area contributed by atoms with Gasteiger partial charge in [0.15, 0.2) is 0 Å². The van der Waals surface area contributed by atoms with Gasteiger partial charge in [-0.15, -0.1) is 0 Å². The zero-order valence-corrected chi connectivity index (χ0v) is 29.3. The van der Waals surface area contributed by atoms with Gasteiger partial charge in [-0.3, -0.25) is 19.2 Å². The number of hydrogen-bond donors (Lipinski definition) is 8. The lowest BCUT2D eigenvalue weighted by molar-refractivity contribution is -0.134. The molecule has 0 fully saturated rings. The average molecular weight is 712 g/mol. The van der Waals surface area contributed by atoms with E-state index in [2.05, 4.69) is 26.3 Å². The molecule has 4 amide bonds. The molecule has 0 unspecified atom stereocenters. The summed E-state index contributed by atoms with van der Waals surface area (Å²) in [4.78, 5) is 69.6. The Labute approximate surface area is 303 Å². The number of para-hydroxylation sites is 1. The molecule has 276 valence electrons. The molecule has 4 rings (SSSR count). The Morgan fingerprint density at radius 2 is 1.35 bits per heavy atom. The van der Waals surface area contributed by atoms with Gasteiger partial charge in [0.25, 0.3) is 0 Å². The van der Waals surface area contributed by atoms with Gasteiger partial charge >= 0.3 is 0 Å². The van der Waals surface area contributed by atoms with Crippen LogP contribution >= 0.6 is 0 Å². The van der Waals surface area contributed by atoms with Gasteiger partial charge in [-0.25, -0.2) is 0 Å². The number of aliphatic hydroxyl groups excluding tert-OH is 1. The SMILES string of the molecule is C[C@@H](O)[C@@H](C=O)NC(=O)[C@H](CCCCN)NC(=O)[C@@H](Cc1c[nH]c2ccccc12)NC(=O)[C@H](Cc1ccccc1)NC(=O)Cc1ccc(CN)cc1. The molecule has 0 saturated carbocycles. The minimum absolute atomic E-state index is 0.0243. The van der Waals surface area contributed by atoms with Crippen LogP contribution in [0, 0.1) is 0 Å². The van der Waals surface area contributed by atoms with Crippen molar-refractivity contribution in [1.82, 2.24) is 26.3 Å². The van der Waals surface area contributed by atoms with Crippen LogP contribution in [0.3, 0.4) is 0 Å². The third-order valence-corrected chi connectivity index (χ3v) is 8.84. The van der Waals surface area contributed by atoms with Crippen LogP contribution in [-0.2, 0) is 49.8 Å². The summed E-state index contributed by atoms with van der Waals surface area (Å²) < 4.78 is 0. The van der Waals surface area contributed by atoms with Crippen molar-refractivity contribution in [2.75, 3.05) is 6.54 Å². The molecule has 0 spiro atoms. The molecule has 0 aliphatic carbocycles. The van der Waals surface area contributed by atoms with Crippen LogP contribution in [0.1, 0.15) is 48.4 Å². The minimum Gasteiger partial charge on any atom is -0.391 e. The van der Waals surface area contributed by atoms with Gasteiger partial charge in [-0.05, 0) is 61.1 Å². The Morgan fingerprint density at radius 3 is 2.00 bits per heavy atom. The fourth-order valence-corrected chi connectivity index (χ4v) is 5.85. The number of aromatic amines is 1. The van der Waals surface area contributed by atoms with Gasteiger partial charge in [-0.2, -0.15) is 0 Å². The van der Waals surface area contributed by atoms with E-state index >= 15 is 0 Å². The number of hydrogen-bond acceptors (Lipinski definition) is 8. The number of benzene rings is 3. The van der Waals surface area contributed by atoms with Crippen molar-refractivity contribution < 1.29 is 29.1 Å². The first-order valence-electron chi connectivity index (χ1n) is 17.5. The molecule has 1 heterocycles. The number of nitrogens with one attached hydrogen (secondary N) is 5. The topological polar surface area (TPSA) is 222 Å². The number of nitrogens with two attached hydrogens (primary N) is 2. The Morgan fingerprint density at radius 1 is 0.731 bits per heavy atom. The first kappa shape index (κ1) is 39.4. The number of H-pyrrole nitrogens is 1. The van der Waals surface area contributed by atoms with E-state index in [1.54, 1.807) is 6.20 Å². The normalized spacial score (nSPS) is 14.0. The highest BCUT2D eigenvalue weighted by Gasteiger charge is 2.31. The summed E-state index contributed by atoms with van der Waals surface area (Å²) in [5.74, 6) is -2.27. The van der Waals surface area contributed by atoms with E-state index in [1.807, 2.05) is 78.9 Å². The third-order valence-electron chi connectivity index (χ3n) is 8.84. The number of rotatable bonds is 20. The van der Waals surface area contributed by atoms with Crippen molar-refractivity contribution >= 4 is 40.8 Å². The minimum atomic E-state index is -1.18. The molecule has 3 aromatic carbocycles. The largest absolute Gasteiger partial charge is 0.391 e. The number of carbonyl (C=O) groups is 5. The molecule has 0 bridgehead atoms. The number of amides is 4. The molecule has 52 heavy (non-hydrogen) atoms. The average Bonchev–Trinajstić information content (AvgIpc) is 3.55. The lowest BCUT2D eigenvalue weighted by Crippen LogP contribution is -2.58. The number of unbranched alkanes of at least 4 members (excludes halogenated alkanes) is 1. The Bertz CT molecular complexity index is 1780. The van der Waals surface area contributed by atoms with E-state index in [0.717, 1.165) is 33.2 Å². The van der Waals surface area contributed by atoms with Crippen molar-refractivity contribution in [1.29, 1.82) is 0 Å². The molecule has 13 heteroatoms. The van der Waals surface area contributed by atoms with Crippen molar-refractivity contribution in [3.63, 3.8) is 0 Å². The smallest absolute Gasteiger partial charge is 0.243 e. The molecule has 10 N–H and O–H groups in total. The lowest BCUT2D eigenvalue weighted by atomic mass is 10.0. The van der Waals surface area contributed by atoms with Gasteiger partial charge in [-0.1, -0.05) is 72.8 Å². The second kappa shape index (κ2) is 19.9. The van der Waals surface area contributed by atoms with E-state index in [9.17, 15) is 29.1 Å². The highest BCUT2D eigenvalue weighted by atomic mass is 16.3. The van der Waals surface area contributed by atoms with Crippen molar-refractivity contribution in [2.24, 2.45) is 11.5 Å². The van der Waals surface area contributed by atoms with Crippen LogP contribution in [0.2, 0.25) is 0 Å². The molecule has 0 radical (unpaired) electrons. The number of fused-ring (bicyclic) bond motifs is 1. The van der Waals surface area contributed by atoms with Crippen LogP contribution in [0.15, 0.2) is 85.1 Å². The molecule has 1 aromatic heterocycles. The Kier molecular flexibility index (Phi) is 15.1. The van der Waals surface area contributed by atoms with E-state index in [0.29, 0.717) is 32.2 Å². The summed E-state index contributed by atoms with van der Waals surface area (Å²) in [5.41, 5.74) is 15.5. The highest BCUT2D eigenvalue weighted by Crippen LogP contribution is 2.20. The molecule has 5 atom stereocenters. The maximum absolute atomic E-state index is 14.1. The van der Waals surface area contributed by atoms with Gasteiger partial charge < -0.3 is 47.6 Å².